The maximum Gasteiger partial charge on any atom is 0.435 e. The fraction of sp³-hybridized carbons (Fsp3) is 0.429. The average molecular weight is 245 g/mol. The molecule has 0 aliphatic rings. The number of rotatable bonds is 0. The summed E-state index contributed by atoms with van der Waals surface area (Å²) in [6.45, 7) is 0.921. The Hall–Kier alpha value is -1.54. The van der Waals surface area contributed by atoms with Crippen molar-refractivity contribution >= 4 is 5.69 Å². The molecule has 9 heteroatoms. The minimum absolute atomic E-state index is 0.645. The number of nitrogens with two attached hydrogens (primary N) is 1. The number of halogens is 6. The van der Waals surface area contributed by atoms with E-state index in [9.17, 15) is 26.3 Å². The second kappa shape index (κ2) is 3.49. The quantitative estimate of drug-likeness (QED) is 0.714. The first-order valence-electron chi connectivity index (χ1n) is 3.82. The average Bonchev–Trinajstić information content (AvgIpc) is 2.04. The molecule has 1 rings (SSSR count). The van der Waals surface area contributed by atoms with Gasteiger partial charge in [-0.1, -0.05) is 0 Å². The number of anilines is 1. The normalized spacial score (nSPS) is 12.9. The molecule has 1 aromatic rings. The van der Waals surface area contributed by atoms with Gasteiger partial charge in [-0.2, -0.15) is 26.3 Å². The van der Waals surface area contributed by atoms with Crippen molar-refractivity contribution in [2.75, 3.05) is 5.73 Å². The summed E-state index contributed by atoms with van der Waals surface area (Å²) in [6, 6.07) is 0. The highest BCUT2D eigenvalue weighted by Crippen LogP contribution is 2.38. The lowest BCUT2D eigenvalue weighted by Gasteiger charge is -2.14. The molecule has 1 heterocycles. The molecule has 2 N–H and O–H groups in total. The number of alkyl halides is 6. The molecule has 0 fully saturated rings. The number of aryl methyl sites for hydroxylation is 1. The number of nitrogen functional groups attached to an aromatic ring is 1. The van der Waals surface area contributed by atoms with E-state index >= 15 is 0 Å². The summed E-state index contributed by atoms with van der Waals surface area (Å²) >= 11 is 0. The number of hydrogen-bond acceptors (Lipinski definition) is 3. The van der Waals surface area contributed by atoms with Crippen LogP contribution in [-0.2, 0) is 12.4 Å². The van der Waals surface area contributed by atoms with Crippen molar-refractivity contribution in [1.82, 2.24) is 9.97 Å². The summed E-state index contributed by atoms with van der Waals surface area (Å²) in [5.74, 6) is -0.645. The Bertz CT molecular complexity index is 373. The first kappa shape index (κ1) is 12.5. The molecule has 90 valence electrons. The first-order valence-corrected chi connectivity index (χ1v) is 3.82. The Morgan fingerprint density at radius 3 is 1.44 bits per heavy atom. The van der Waals surface area contributed by atoms with Gasteiger partial charge in [-0.25, -0.2) is 9.97 Å². The molecule has 0 atom stereocenters. The molecule has 1 aromatic heterocycles. The summed E-state index contributed by atoms with van der Waals surface area (Å²) < 4.78 is 73.6. The van der Waals surface area contributed by atoms with Crippen molar-refractivity contribution in [3.05, 3.63) is 17.2 Å². The number of hydrogen-bond donors (Lipinski definition) is 1. The summed E-state index contributed by atoms with van der Waals surface area (Å²) in [6.07, 6.45) is -10.1. The second-order valence-corrected chi connectivity index (χ2v) is 2.88. The molecule has 0 saturated heterocycles. The van der Waals surface area contributed by atoms with Gasteiger partial charge in [0.2, 0.25) is 0 Å². The zero-order valence-corrected chi connectivity index (χ0v) is 7.74. The number of nitrogens with zero attached hydrogens (tertiary/aromatic N) is 2. The first-order chi connectivity index (χ1) is 7.03. The van der Waals surface area contributed by atoms with Crippen LogP contribution < -0.4 is 5.73 Å². The van der Waals surface area contributed by atoms with Crippen LogP contribution >= 0.6 is 0 Å². The fourth-order valence-corrected chi connectivity index (χ4v) is 1.01. The maximum atomic E-state index is 12.3. The van der Waals surface area contributed by atoms with E-state index in [4.69, 9.17) is 5.73 Å². The lowest BCUT2D eigenvalue weighted by molar-refractivity contribution is -0.146. The number of aromatic nitrogens is 2. The summed E-state index contributed by atoms with van der Waals surface area (Å²) in [5.41, 5.74) is -0.291. The smallest absolute Gasteiger partial charge is 0.395 e. The minimum atomic E-state index is -5.04. The van der Waals surface area contributed by atoms with E-state index in [1.165, 1.54) is 0 Å². The van der Waals surface area contributed by atoms with Crippen LogP contribution in [0.4, 0.5) is 32.0 Å². The SMILES string of the molecule is Cc1nc(C(F)(F)F)c(N)c(C(F)(F)F)n1. The van der Waals surface area contributed by atoms with Crippen molar-refractivity contribution in [2.24, 2.45) is 0 Å². The van der Waals surface area contributed by atoms with Gasteiger partial charge >= 0.3 is 12.4 Å². The highest BCUT2D eigenvalue weighted by molar-refractivity contribution is 5.50. The predicted molar refractivity (Wildman–Crippen MR) is 41.2 cm³/mol. The van der Waals surface area contributed by atoms with Crippen molar-refractivity contribution in [1.29, 1.82) is 0 Å². The van der Waals surface area contributed by atoms with Crippen LogP contribution in [-0.4, -0.2) is 9.97 Å². The van der Waals surface area contributed by atoms with Crippen molar-refractivity contribution in [3.63, 3.8) is 0 Å². The lowest BCUT2D eigenvalue weighted by Crippen LogP contribution is -2.20. The van der Waals surface area contributed by atoms with Gasteiger partial charge in [0, 0.05) is 0 Å². The standard InChI is InChI=1S/C7H5F6N3/c1-2-15-4(6(8,9)10)3(14)5(16-2)7(11,12)13/h14H2,1H3. The van der Waals surface area contributed by atoms with Crippen LogP contribution in [0, 0.1) is 6.92 Å². The monoisotopic (exact) mass is 245 g/mol. The van der Waals surface area contributed by atoms with Gasteiger partial charge in [0.25, 0.3) is 0 Å². The van der Waals surface area contributed by atoms with E-state index in [1.807, 2.05) is 0 Å². The van der Waals surface area contributed by atoms with Crippen LogP contribution in [0.2, 0.25) is 0 Å². The fourth-order valence-electron chi connectivity index (χ4n) is 1.01. The highest BCUT2D eigenvalue weighted by Gasteiger charge is 2.43. The molecule has 0 aromatic carbocycles. The summed E-state index contributed by atoms with van der Waals surface area (Å²) in [5, 5.41) is 0. The zero-order valence-electron chi connectivity index (χ0n) is 7.74. The topological polar surface area (TPSA) is 51.8 Å². The zero-order chi connectivity index (χ0) is 12.7. The van der Waals surface area contributed by atoms with Gasteiger partial charge in [0.15, 0.2) is 11.4 Å². The Morgan fingerprint density at radius 1 is 0.875 bits per heavy atom. The molecule has 16 heavy (non-hydrogen) atoms. The highest BCUT2D eigenvalue weighted by atomic mass is 19.4. The van der Waals surface area contributed by atoms with Crippen LogP contribution in [0.5, 0.6) is 0 Å². The van der Waals surface area contributed by atoms with E-state index in [0.717, 1.165) is 6.92 Å². The Morgan fingerprint density at radius 2 is 1.19 bits per heavy atom. The maximum absolute atomic E-state index is 12.3. The van der Waals surface area contributed by atoms with Crippen molar-refractivity contribution in [2.45, 2.75) is 19.3 Å². The third-order valence-electron chi connectivity index (χ3n) is 1.59. The van der Waals surface area contributed by atoms with Crippen LogP contribution in [0.1, 0.15) is 17.2 Å². The van der Waals surface area contributed by atoms with Crippen molar-refractivity contribution < 1.29 is 26.3 Å². The molecule has 3 nitrogen and oxygen atoms in total. The van der Waals surface area contributed by atoms with Crippen LogP contribution in [0.3, 0.4) is 0 Å². The molecular weight excluding hydrogens is 240 g/mol. The Kier molecular flexibility index (Phi) is 2.74. The molecular formula is C7H5F6N3. The molecule has 0 saturated carbocycles. The van der Waals surface area contributed by atoms with E-state index in [1.54, 1.807) is 0 Å². The minimum Gasteiger partial charge on any atom is -0.395 e. The predicted octanol–water partition coefficient (Wildman–Crippen LogP) is 2.40. The van der Waals surface area contributed by atoms with Gasteiger partial charge in [-0.15, -0.1) is 0 Å². The lowest BCUT2D eigenvalue weighted by atomic mass is 10.2. The molecule has 0 aliphatic heterocycles. The van der Waals surface area contributed by atoms with Crippen molar-refractivity contribution in [3.8, 4) is 0 Å². The van der Waals surface area contributed by atoms with Gasteiger partial charge < -0.3 is 5.73 Å². The Balaban J connectivity index is 3.51. The largest absolute Gasteiger partial charge is 0.435 e. The summed E-state index contributed by atoms with van der Waals surface area (Å²) in [7, 11) is 0. The molecule has 0 amide bonds. The molecule has 0 unspecified atom stereocenters. The van der Waals surface area contributed by atoms with Crippen LogP contribution in [0.15, 0.2) is 0 Å². The van der Waals surface area contributed by atoms with E-state index in [-0.39, 0.29) is 0 Å². The van der Waals surface area contributed by atoms with E-state index in [2.05, 4.69) is 9.97 Å². The third-order valence-corrected chi connectivity index (χ3v) is 1.59. The Labute approximate surface area is 85.3 Å². The van der Waals surface area contributed by atoms with Gasteiger partial charge in [-0.3, -0.25) is 0 Å². The molecule has 0 aliphatic carbocycles. The molecule has 0 spiro atoms. The van der Waals surface area contributed by atoms with Gasteiger partial charge in [0.1, 0.15) is 5.82 Å². The van der Waals surface area contributed by atoms with Crippen LogP contribution in [0.25, 0.3) is 0 Å². The third kappa shape index (κ3) is 2.34. The summed E-state index contributed by atoms with van der Waals surface area (Å²) in [4.78, 5) is 5.71. The molecule has 0 bridgehead atoms. The second-order valence-electron chi connectivity index (χ2n) is 2.88. The van der Waals surface area contributed by atoms with Gasteiger partial charge in [-0.05, 0) is 6.92 Å². The molecule has 0 radical (unpaired) electrons. The van der Waals surface area contributed by atoms with Gasteiger partial charge in [0.05, 0.1) is 5.69 Å². The van der Waals surface area contributed by atoms with E-state index in [0.29, 0.717) is 0 Å². The van der Waals surface area contributed by atoms with E-state index < -0.39 is 35.3 Å².